The molecule has 0 unspecified atom stereocenters. The molecule has 0 atom stereocenters. The van der Waals surface area contributed by atoms with Crippen LogP contribution in [-0.4, -0.2) is 55.1 Å². The van der Waals surface area contributed by atoms with Crippen LogP contribution in [0.15, 0.2) is 0 Å². The predicted octanol–water partition coefficient (Wildman–Crippen LogP) is -2.49. The third kappa shape index (κ3) is 20.2. The van der Waals surface area contributed by atoms with Crippen LogP contribution >= 0.6 is 0 Å². The Morgan fingerprint density at radius 1 is 0.800 bits per heavy atom. The summed E-state index contributed by atoms with van der Waals surface area (Å²) in [4.78, 5) is 0. The molecule has 0 N–H and O–H groups in total. The van der Waals surface area contributed by atoms with E-state index in [0.717, 1.165) is 0 Å². The van der Waals surface area contributed by atoms with E-state index in [1.54, 1.807) is 0 Å². The van der Waals surface area contributed by atoms with Crippen molar-refractivity contribution in [2.24, 2.45) is 0 Å². The second kappa shape index (κ2) is 29.7. The molecule has 29 valence electrons. The Morgan fingerprint density at radius 2 is 0.800 bits per heavy atom. The zero-order valence-electron chi connectivity index (χ0n) is 0.650. The number of hydrogen-bond acceptors (Lipinski definition) is 0. The molecule has 0 nitrogen and oxygen atoms in total. The zero-order valence-corrected chi connectivity index (χ0v) is 2.68. The molecule has 0 aromatic rings. The summed E-state index contributed by atoms with van der Waals surface area (Å²) in [6.07, 6.45) is 0. The smallest absolute Gasteiger partial charge is 0 e. The third-order valence-corrected chi connectivity index (χ3v) is 0. The van der Waals surface area contributed by atoms with E-state index in [1.165, 1.54) is 0 Å². The van der Waals surface area contributed by atoms with Crippen molar-refractivity contribution in [1.29, 1.82) is 0 Å². The second-order valence-electron chi connectivity index (χ2n) is 0. The molecule has 0 saturated carbocycles. The maximum absolute atomic E-state index is 0. The number of rotatable bonds is 0. The molecule has 0 aliphatic carbocycles. The van der Waals surface area contributed by atoms with E-state index in [4.69, 9.17) is 0 Å². The van der Waals surface area contributed by atoms with E-state index < -0.39 is 0 Å². The first-order valence-corrected chi connectivity index (χ1v) is 0. The van der Waals surface area contributed by atoms with E-state index in [2.05, 4.69) is 0 Å². The van der Waals surface area contributed by atoms with Crippen LogP contribution in [0.4, 0.5) is 0 Å². The largest absolute Gasteiger partial charge is 0 e. The summed E-state index contributed by atoms with van der Waals surface area (Å²) in [6, 6.07) is 0. The summed E-state index contributed by atoms with van der Waals surface area (Å²) in [7, 11) is 0. The van der Waals surface area contributed by atoms with Gasteiger partial charge in [0.1, 0.15) is 0 Å². The minimum atomic E-state index is 0. The van der Waals surface area contributed by atoms with Crippen LogP contribution in [0, 0.1) is 0 Å². The molecule has 0 rings (SSSR count). The molecule has 0 spiro atoms. The van der Waals surface area contributed by atoms with Gasteiger partial charge in [-0.05, 0) is 0 Å². The normalized spacial score (nSPS) is 0. The minimum Gasteiger partial charge on any atom is 0 e. The fourth-order valence-electron chi connectivity index (χ4n) is 0. The first-order chi connectivity index (χ1) is 0. The average Bonchev–Trinajstić information content (AvgIpc) is 0. The van der Waals surface area contributed by atoms with Gasteiger partial charge in [-0.1, -0.05) is 0 Å². The summed E-state index contributed by atoms with van der Waals surface area (Å²) in [5.41, 5.74) is 0. The van der Waals surface area contributed by atoms with E-state index in [9.17, 15) is 0 Å². The molecule has 0 aromatic carbocycles. The molecule has 0 aliphatic rings. The van der Waals surface area contributed by atoms with E-state index in [0.29, 0.717) is 0 Å². The molecule has 5 heteroatoms. The van der Waals surface area contributed by atoms with Gasteiger partial charge in [0.25, 0.3) is 0 Å². The van der Waals surface area contributed by atoms with Crippen LogP contribution in [0.3, 0.4) is 0 Å². The first kappa shape index (κ1) is 47.0. The number of hydrogen-bond donors (Lipinski definition) is 0. The van der Waals surface area contributed by atoms with Crippen LogP contribution in [0.5, 0.6) is 0 Å². The summed E-state index contributed by atoms with van der Waals surface area (Å²) in [5, 5.41) is 0. The molecule has 0 aliphatic heterocycles. The maximum Gasteiger partial charge on any atom is 0 e. The van der Waals surface area contributed by atoms with E-state index >= 15 is 0 Å². The Labute approximate surface area is 87.2 Å². The summed E-state index contributed by atoms with van der Waals surface area (Å²) in [6.45, 7) is 0. The van der Waals surface area contributed by atoms with Crippen LogP contribution in [-0.2, 0) is 33.3 Å². The molecule has 1 radical (unpaired) electrons. The summed E-state index contributed by atoms with van der Waals surface area (Å²) in [5.74, 6) is 0. The van der Waals surface area contributed by atoms with Gasteiger partial charge in [-0.3, -0.25) is 0 Å². The molecule has 0 amide bonds. The van der Waals surface area contributed by atoms with E-state index in [-0.39, 0.29) is 88.4 Å². The van der Waals surface area contributed by atoms with Crippen molar-refractivity contribution in [2.75, 3.05) is 0 Å². The van der Waals surface area contributed by atoms with Gasteiger partial charge >= 0.3 is 37.7 Å². The molecule has 0 saturated heterocycles. The van der Waals surface area contributed by atoms with Gasteiger partial charge in [-0.15, -0.1) is 0 Å². The Balaban J connectivity index is 0. The molecule has 0 bridgehead atoms. The van der Waals surface area contributed by atoms with Gasteiger partial charge in [-0.25, -0.2) is 0 Å². The van der Waals surface area contributed by atoms with Gasteiger partial charge in [-0.2, -0.15) is 0 Å². The molecule has 5 heavy (non-hydrogen) atoms. The van der Waals surface area contributed by atoms with Gasteiger partial charge in [0.05, 0.1) is 0 Å². The molecular formula is H5AlCoLi2Ni. The fourth-order valence-corrected chi connectivity index (χ4v) is 0. The van der Waals surface area contributed by atoms with Crippen LogP contribution in [0.2, 0.25) is 0 Å². The predicted molar refractivity (Wildman–Crippen MR) is 24.2 cm³/mol. The van der Waals surface area contributed by atoms with Crippen molar-refractivity contribution >= 4 is 55.1 Å². The third-order valence-electron chi connectivity index (χ3n) is 0. The SMILES string of the molecule is [AlH3].[Co].[LiH].[LiH].[Ni]. The Bertz CT molecular complexity index is 9.61. The van der Waals surface area contributed by atoms with Crippen molar-refractivity contribution in [2.45, 2.75) is 0 Å². The van der Waals surface area contributed by atoms with Crippen molar-refractivity contribution in [3.63, 3.8) is 0 Å². The first-order valence-electron chi connectivity index (χ1n) is 0. The van der Waals surface area contributed by atoms with Crippen LogP contribution in [0.25, 0.3) is 0 Å². The minimum absolute atomic E-state index is 0. The van der Waals surface area contributed by atoms with Gasteiger partial charge < -0.3 is 0 Å². The molecule has 0 fully saturated rings. The second-order valence-corrected chi connectivity index (χ2v) is 0. The van der Waals surface area contributed by atoms with Crippen molar-refractivity contribution in [3.05, 3.63) is 0 Å². The van der Waals surface area contributed by atoms with Crippen molar-refractivity contribution in [3.8, 4) is 0 Å². The van der Waals surface area contributed by atoms with E-state index in [1.807, 2.05) is 0 Å². The fraction of sp³-hybridized carbons (Fsp3) is 0. The average molecular weight is 164 g/mol. The standard InChI is InChI=1S/Al.Co.2Li.Ni.5H. The quantitative estimate of drug-likeness (QED) is 0.347. The zero-order chi connectivity index (χ0) is 0. The maximum atomic E-state index is 0. The molecular weight excluding hydrogens is 158 g/mol. The van der Waals surface area contributed by atoms with Crippen molar-refractivity contribution < 1.29 is 33.3 Å². The van der Waals surface area contributed by atoms with Gasteiger partial charge in [0, 0.05) is 33.3 Å². The van der Waals surface area contributed by atoms with Crippen LogP contribution in [0.1, 0.15) is 0 Å². The van der Waals surface area contributed by atoms with Gasteiger partial charge in [0.2, 0.25) is 0 Å². The van der Waals surface area contributed by atoms with Crippen LogP contribution < -0.4 is 0 Å². The Kier molecular flexibility index (Phi) is 279. The molecule has 0 aromatic heterocycles. The molecule has 0 heterocycles. The monoisotopic (exact) mass is 163 g/mol. The van der Waals surface area contributed by atoms with Crippen molar-refractivity contribution in [1.82, 2.24) is 0 Å². The Hall–Kier alpha value is 2.73. The Morgan fingerprint density at radius 3 is 0.800 bits per heavy atom. The van der Waals surface area contributed by atoms with Gasteiger partial charge in [0.15, 0.2) is 17.4 Å². The topological polar surface area (TPSA) is 0 Å². The summed E-state index contributed by atoms with van der Waals surface area (Å²) >= 11 is 0. The summed E-state index contributed by atoms with van der Waals surface area (Å²) < 4.78 is 0.